The third kappa shape index (κ3) is 2.65. The molecular weight excluding hydrogens is 328 g/mol. The van der Waals surface area contributed by atoms with E-state index in [1.54, 1.807) is 12.5 Å². The Morgan fingerprint density at radius 2 is 1.69 bits per heavy atom. The van der Waals surface area contributed by atoms with Crippen LogP contribution in [0.25, 0.3) is 0 Å². The van der Waals surface area contributed by atoms with Gasteiger partial charge in [-0.05, 0) is 11.1 Å². The predicted octanol–water partition coefficient (Wildman–Crippen LogP) is 3.25. The van der Waals surface area contributed by atoms with Crippen molar-refractivity contribution in [2.75, 3.05) is 19.8 Å². The highest BCUT2D eigenvalue weighted by Crippen LogP contribution is 2.54. The highest BCUT2D eigenvalue weighted by molar-refractivity contribution is 5.29. The molecule has 0 aliphatic carbocycles. The molecule has 5 nitrogen and oxygen atoms in total. The van der Waals surface area contributed by atoms with Crippen molar-refractivity contribution in [2.24, 2.45) is 0 Å². The first-order valence-corrected chi connectivity index (χ1v) is 8.81. The Morgan fingerprint density at radius 1 is 1.00 bits per heavy atom. The standard InChI is InChI=1S/C21H20N2O3/c1-3-7-17(8-4-1)20(14-25-20)13-24-15-21(18-9-5-2-6-10-18)19(26-21)23-12-11-22-16-23/h1-12,16,19H,13-15H2. The van der Waals surface area contributed by atoms with Crippen molar-refractivity contribution >= 4 is 0 Å². The van der Waals surface area contributed by atoms with E-state index in [-0.39, 0.29) is 11.8 Å². The number of hydrogen-bond donors (Lipinski definition) is 0. The minimum absolute atomic E-state index is 0.0970. The lowest BCUT2D eigenvalue weighted by molar-refractivity contribution is 0.0403. The molecule has 3 atom stereocenters. The van der Waals surface area contributed by atoms with Crippen LogP contribution in [0.5, 0.6) is 0 Å². The van der Waals surface area contributed by atoms with E-state index in [9.17, 15) is 0 Å². The lowest BCUT2D eigenvalue weighted by Gasteiger charge is -2.17. The van der Waals surface area contributed by atoms with Crippen molar-refractivity contribution in [3.8, 4) is 0 Å². The van der Waals surface area contributed by atoms with Gasteiger partial charge < -0.3 is 18.8 Å². The average molecular weight is 348 g/mol. The largest absolute Gasteiger partial charge is 0.374 e. The van der Waals surface area contributed by atoms with Gasteiger partial charge >= 0.3 is 0 Å². The quantitative estimate of drug-likeness (QED) is 0.615. The summed E-state index contributed by atoms with van der Waals surface area (Å²) in [5, 5.41) is 0. The van der Waals surface area contributed by atoms with E-state index < -0.39 is 5.60 Å². The molecule has 1 aromatic heterocycles. The summed E-state index contributed by atoms with van der Waals surface area (Å²) < 4.78 is 20.0. The van der Waals surface area contributed by atoms with Crippen LogP contribution in [0.4, 0.5) is 0 Å². The van der Waals surface area contributed by atoms with Crippen LogP contribution in [0, 0.1) is 0 Å². The Hall–Kier alpha value is -2.47. The second kappa shape index (κ2) is 6.06. The molecule has 5 heteroatoms. The van der Waals surface area contributed by atoms with E-state index in [1.807, 2.05) is 47.2 Å². The van der Waals surface area contributed by atoms with Crippen LogP contribution in [-0.2, 0) is 25.4 Å². The minimum atomic E-state index is -0.477. The predicted molar refractivity (Wildman–Crippen MR) is 95.4 cm³/mol. The molecule has 132 valence electrons. The van der Waals surface area contributed by atoms with Crippen molar-refractivity contribution in [3.05, 3.63) is 90.5 Å². The van der Waals surface area contributed by atoms with Crippen LogP contribution in [0.2, 0.25) is 0 Å². The summed E-state index contributed by atoms with van der Waals surface area (Å²) in [5.74, 6) is 0. The zero-order chi connectivity index (χ0) is 17.5. The lowest BCUT2D eigenvalue weighted by atomic mass is 9.98. The number of rotatable bonds is 7. The summed E-state index contributed by atoms with van der Waals surface area (Å²) in [4.78, 5) is 4.13. The van der Waals surface area contributed by atoms with Crippen molar-refractivity contribution in [1.29, 1.82) is 0 Å². The summed E-state index contributed by atoms with van der Waals surface area (Å²) in [6.07, 6.45) is 5.37. The summed E-state index contributed by atoms with van der Waals surface area (Å²) in [6.45, 7) is 1.69. The topological polar surface area (TPSA) is 52.1 Å². The monoisotopic (exact) mass is 348 g/mol. The van der Waals surface area contributed by atoms with Crippen molar-refractivity contribution in [3.63, 3.8) is 0 Å². The van der Waals surface area contributed by atoms with Gasteiger partial charge in [0.05, 0.1) is 26.1 Å². The van der Waals surface area contributed by atoms with Gasteiger partial charge in [0.25, 0.3) is 0 Å². The van der Waals surface area contributed by atoms with Crippen LogP contribution in [-0.4, -0.2) is 29.4 Å². The summed E-state index contributed by atoms with van der Waals surface area (Å²) in [6, 6.07) is 20.5. The number of benzene rings is 2. The third-order valence-electron chi connectivity index (χ3n) is 5.17. The second-order valence-corrected chi connectivity index (χ2v) is 6.88. The summed E-state index contributed by atoms with van der Waals surface area (Å²) in [5.41, 5.74) is 1.49. The Balaban J connectivity index is 1.32. The fourth-order valence-electron chi connectivity index (χ4n) is 3.52. The maximum Gasteiger partial charge on any atom is 0.172 e. The Labute approximate surface area is 152 Å². The van der Waals surface area contributed by atoms with E-state index in [0.29, 0.717) is 19.8 Å². The zero-order valence-electron chi connectivity index (χ0n) is 14.3. The van der Waals surface area contributed by atoms with Gasteiger partial charge in [-0.25, -0.2) is 4.98 Å². The van der Waals surface area contributed by atoms with Crippen LogP contribution in [0.3, 0.4) is 0 Å². The Bertz CT molecular complexity index is 863. The van der Waals surface area contributed by atoms with Gasteiger partial charge in [-0.1, -0.05) is 60.7 Å². The Kier molecular flexibility index (Phi) is 3.67. The van der Waals surface area contributed by atoms with E-state index in [0.717, 1.165) is 11.1 Å². The molecule has 0 amide bonds. The molecule has 3 unspecified atom stereocenters. The van der Waals surface area contributed by atoms with Crippen molar-refractivity contribution in [1.82, 2.24) is 9.55 Å². The van der Waals surface area contributed by atoms with Gasteiger partial charge in [-0.3, -0.25) is 0 Å². The first kappa shape index (κ1) is 15.8. The van der Waals surface area contributed by atoms with Gasteiger partial charge in [0.1, 0.15) is 5.60 Å². The molecule has 3 aromatic rings. The number of epoxide rings is 2. The number of imidazole rings is 1. The number of aromatic nitrogens is 2. The minimum Gasteiger partial charge on any atom is -0.374 e. The molecule has 0 spiro atoms. The molecule has 2 aromatic carbocycles. The normalized spacial score (nSPS) is 29.5. The maximum absolute atomic E-state index is 6.14. The molecule has 0 saturated carbocycles. The lowest BCUT2D eigenvalue weighted by Crippen LogP contribution is -2.25. The molecule has 26 heavy (non-hydrogen) atoms. The second-order valence-electron chi connectivity index (χ2n) is 6.88. The van der Waals surface area contributed by atoms with Gasteiger partial charge in [0.15, 0.2) is 11.8 Å². The van der Waals surface area contributed by atoms with Crippen LogP contribution in [0.1, 0.15) is 17.4 Å². The first-order valence-electron chi connectivity index (χ1n) is 8.81. The summed E-state index contributed by atoms with van der Waals surface area (Å²) >= 11 is 0. The van der Waals surface area contributed by atoms with Crippen LogP contribution >= 0.6 is 0 Å². The molecule has 5 rings (SSSR count). The number of nitrogens with zero attached hydrogens (tertiary/aromatic N) is 2. The zero-order valence-corrected chi connectivity index (χ0v) is 14.3. The SMILES string of the molecule is c1ccc(C2(COCC3(c4ccccc4)OC3n3ccnc3)CO2)cc1. The highest BCUT2D eigenvalue weighted by atomic mass is 16.7. The smallest absolute Gasteiger partial charge is 0.172 e. The van der Waals surface area contributed by atoms with Crippen LogP contribution < -0.4 is 0 Å². The molecule has 2 aliphatic rings. The molecule has 2 saturated heterocycles. The fourth-order valence-corrected chi connectivity index (χ4v) is 3.52. The van der Waals surface area contributed by atoms with Crippen LogP contribution in [0.15, 0.2) is 79.4 Å². The average Bonchev–Trinajstić information content (AvgIpc) is 3.59. The van der Waals surface area contributed by atoms with Crippen molar-refractivity contribution < 1.29 is 14.2 Å². The van der Waals surface area contributed by atoms with E-state index >= 15 is 0 Å². The van der Waals surface area contributed by atoms with Gasteiger partial charge in [0.2, 0.25) is 0 Å². The van der Waals surface area contributed by atoms with Gasteiger partial charge in [0, 0.05) is 12.4 Å². The van der Waals surface area contributed by atoms with Crippen molar-refractivity contribution in [2.45, 2.75) is 17.4 Å². The number of hydrogen-bond acceptors (Lipinski definition) is 4. The van der Waals surface area contributed by atoms with E-state index in [2.05, 4.69) is 29.2 Å². The molecule has 3 heterocycles. The van der Waals surface area contributed by atoms with Gasteiger partial charge in [-0.15, -0.1) is 0 Å². The van der Waals surface area contributed by atoms with Gasteiger partial charge in [-0.2, -0.15) is 0 Å². The van der Waals surface area contributed by atoms with E-state index in [1.165, 1.54) is 0 Å². The highest BCUT2D eigenvalue weighted by Gasteiger charge is 2.60. The molecule has 0 radical (unpaired) electrons. The molecule has 0 N–H and O–H groups in total. The molecule has 2 aliphatic heterocycles. The summed E-state index contributed by atoms with van der Waals surface area (Å²) in [7, 11) is 0. The van der Waals surface area contributed by atoms with E-state index in [4.69, 9.17) is 14.2 Å². The fraction of sp³-hybridized carbons (Fsp3) is 0.286. The Morgan fingerprint density at radius 3 is 2.31 bits per heavy atom. The molecule has 2 fully saturated rings. The third-order valence-corrected chi connectivity index (χ3v) is 5.17. The first-order chi connectivity index (χ1) is 12.8. The molecular formula is C21H20N2O3. The molecule has 0 bridgehead atoms. The maximum atomic E-state index is 6.14. The number of ether oxygens (including phenoxy) is 3.